The predicted octanol–water partition coefficient (Wildman–Crippen LogP) is 4.21. The van der Waals surface area contributed by atoms with Crippen LogP contribution in [0.4, 0.5) is 11.4 Å². The van der Waals surface area contributed by atoms with Crippen molar-refractivity contribution in [3.63, 3.8) is 0 Å². The first-order valence-corrected chi connectivity index (χ1v) is 11.8. The van der Waals surface area contributed by atoms with E-state index >= 15 is 0 Å². The van der Waals surface area contributed by atoms with Gasteiger partial charge in [0.25, 0.3) is 21.6 Å². The number of hydrogen-bond acceptors (Lipinski definition) is 6. The minimum atomic E-state index is -4.10. The predicted molar refractivity (Wildman–Crippen MR) is 131 cm³/mol. The van der Waals surface area contributed by atoms with Crippen molar-refractivity contribution in [3.8, 4) is 0 Å². The fourth-order valence-corrected chi connectivity index (χ4v) is 4.54. The summed E-state index contributed by atoms with van der Waals surface area (Å²) in [6.45, 7) is 3.04. The number of hydrogen-bond donors (Lipinski definition) is 1. The smallest absolute Gasteiger partial charge is 0.270 e. The monoisotopic (exact) mass is 500 g/mol. The number of benzene rings is 3. The van der Waals surface area contributed by atoms with Crippen LogP contribution < -0.4 is 9.73 Å². The van der Waals surface area contributed by atoms with Gasteiger partial charge in [-0.05, 0) is 43.7 Å². The molecule has 0 spiro atoms. The first-order valence-electron chi connectivity index (χ1n) is 10.00. The second-order valence-electron chi connectivity index (χ2n) is 7.40. The zero-order valence-electron chi connectivity index (χ0n) is 18.3. The largest absolute Gasteiger partial charge is 0.271 e. The Morgan fingerprint density at radius 1 is 1.12 bits per heavy atom. The van der Waals surface area contributed by atoms with Gasteiger partial charge in [-0.15, -0.1) is 0 Å². The molecule has 0 radical (unpaired) electrons. The SMILES string of the molecule is Cc1ccc(S(=O)(=O)N(CC(=O)N/N=C\c2cccc([N+](=O)[O-])c2)c2ccc(C)c(Cl)c2)cc1. The highest BCUT2D eigenvalue weighted by Gasteiger charge is 2.27. The van der Waals surface area contributed by atoms with Crippen LogP contribution in [0.15, 0.2) is 76.7 Å². The Bertz CT molecular complexity index is 1360. The molecule has 0 heterocycles. The molecule has 0 atom stereocenters. The van der Waals surface area contributed by atoms with Crippen LogP contribution in [0.2, 0.25) is 5.02 Å². The van der Waals surface area contributed by atoms with Crippen molar-refractivity contribution in [1.82, 2.24) is 5.43 Å². The van der Waals surface area contributed by atoms with E-state index in [2.05, 4.69) is 10.5 Å². The van der Waals surface area contributed by atoms with E-state index in [0.29, 0.717) is 10.6 Å². The van der Waals surface area contributed by atoms with Gasteiger partial charge < -0.3 is 0 Å². The number of anilines is 1. The van der Waals surface area contributed by atoms with Crippen LogP contribution in [0.25, 0.3) is 0 Å². The average Bonchev–Trinajstić information content (AvgIpc) is 2.80. The minimum absolute atomic E-state index is 0.0164. The van der Waals surface area contributed by atoms with E-state index in [0.717, 1.165) is 15.4 Å². The van der Waals surface area contributed by atoms with Gasteiger partial charge in [-0.1, -0.05) is 47.5 Å². The number of rotatable bonds is 8. The second kappa shape index (κ2) is 10.4. The van der Waals surface area contributed by atoms with Gasteiger partial charge in [0, 0.05) is 22.7 Å². The van der Waals surface area contributed by atoms with Crippen molar-refractivity contribution < 1.29 is 18.1 Å². The molecule has 11 heteroatoms. The summed E-state index contributed by atoms with van der Waals surface area (Å²) in [6.07, 6.45) is 1.23. The summed E-state index contributed by atoms with van der Waals surface area (Å²) in [4.78, 5) is 23.0. The van der Waals surface area contributed by atoms with Crippen LogP contribution in [-0.2, 0) is 14.8 Å². The molecule has 1 amide bonds. The summed E-state index contributed by atoms with van der Waals surface area (Å²) >= 11 is 6.20. The number of carbonyl (C=O) groups is 1. The lowest BCUT2D eigenvalue weighted by atomic mass is 10.2. The van der Waals surface area contributed by atoms with Crippen LogP contribution in [0.1, 0.15) is 16.7 Å². The van der Waals surface area contributed by atoms with Gasteiger partial charge in [-0.2, -0.15) is 5.10 Å². The lowest BCUT2D eigenvalue weighted by Gasteiger charge is -2.24. The lowest BCUT2D eigenvalue weighted by Crippen LogP contribution is -2.39. The molecule has 3 aromatic rings. The Hall–Kier alpha value is -3.76. The van der Waals surface area contributed by atoms with E-state index in [1.807, 2.05) is 6.92 Å². The van der Waals surface area contributed by atoms with Gasteiger partial charge >= 0.3 is 0 Å². The van der Waals surface area contributed by atoms with E-state index in [-0.39, 0.29) is 16.3 Å². The van der Waals surface area contributed by atoms with E-state index in [1.165, 1.54) is 42.6 Å². The molecule has 34 heavy (non-hydrogen) atoms. The first kappa shape index (κ1) is 24.9. The van der Waals surface area contributed by atoms with Gasteiger partial charge in [0.1, 0.15) is 6.54 Å². The number of hydrazone groups is 1. The summed E-state index contributed by atoms with van der Waals surface area (Å²) in [6, 6.07) is 16.6. The summed E-state index contributed by atoms with van der Waals surface area (Å²) in [5.74, 6) is -0.714. The molecule has 0 saturated heterocycles. The molecular weight excluding hydrogens is 480 g/mol. The standard InChI is InChI=1S/C23H21ClN4O5S/c1-16-6-10-21(11-7-16)34(32,33)27(19-9-8-17(2)22(24)13-19)15-23(29)26-25-14-18-4-3-5-20(12-18)28(30)31/h3-14H,15H2,1-2H3,(H,26,29)/b25-14-. The summed E-state index contributed by atoms with van der Waals surface area (Å²) < 4.78 is 27.7. The molecule has 176 valence electrons. The number of halogens is 1. The third kappa shape index (κ3) is 5.97. The maximum Gasteiger partial charge on any atom is 0.270 e. The molecule has 3 rings (SSSR count). The molecular formula is C23H21ClN4O5S. The quantitative estimate of drug-likeness (QED) is 0.282. The summed E-state index contributed by atoms with van der Waals surface area (Å²) in [5.41, 5.74) is 4.39. The molecule has 0 fully saturated rings. The molecule has 0 aliphatic rings. The van der Waals surface area contributed by atoms with Gasteiger partial charge in [0.2, 0.25) is 0 Å². The molecule has 0 aliphatic heterocycles. The molecule has 0 unspecified atom stereocenters. The Labute approximate surface area is 201 Å². The molecule has 3 aromatic carbocycles. The average molecular weight is 501 g/mol. The Balaban J connectivity index is 1.85. The van der Waals surface area contributed by atoms with Gasteiger partial charge in [0.15, 0.2) is 0 Å². The molecule has 9 nitrogen and oxygen atoms in total. The van der Waals surface area contributed by atoms with Crippen molar-refractivity contribution in [2.45, 2.75) is 18.7 Å². The number of nitrogens with one attached hydrogen (secondary N) is 1. The summed E-state index contributed by atoms with van der Waals surface area (Å²) in [5, 5.41) is 15.0. The fraction of sp³-hybridized carbons (Fsp3) is 0.130. The Morgan fingerprint density at radius 3 is 2.47 bits per heavy atom. The lowest BCUT2D eigenvalue weighted by molar-refractivity contribution is -0.384. The van der Waals surface area contributed by atoms with E-state index in [4.69, 9.17) is 11.6 Å². The zero-order valence-corrected chi connectivity index (χ0v) is 19.9. The van der Waals surface area contributed by atoms with Crippen molar-refractivity contribution in [2.75, 3.05) is 10.8 Å². The number of sulfonamides is 1. The van der Waals surface area contributed by atoms with Crippen LogP contribution in [0.3, 0.4) is 0 Å². The normalized spacial score (nSPS) is 11.4. The van der Waals surface area contributed by atoms with Gasteiger partial charge in [-0.3, -0.25) is 19.2 Å². The highest BCUT2D eigenvalue weighted by Crippen LogP contribution is 2.28. The number of aryl methyl sites for hydroxylation is 2. The van der Waals surface area contributed by atoms with Gasteiger partial charge in [0.05, 0.1) is 21.7 Å². The van der Waals surface area contributed by atoms with Crippen LogP contribution in [-0.4, -0.2) is 32.0 Å². The molecule has 1 N–H and O–H groups in total. The van der Waals surface area contributed by atoms with Crippen LogP contribution in [0.5, 0.6) is 0 Å². The molecule has 0 aromatic heterocycles. The maximum absolute atomic E-state index is 13.4. The van der Waals surface area contributed by atoms with Crippen molar-refractivity contribution >= 4 is 45.1 Å². The van der Waals surface area contributed by atoms with Crippen molar-refractivity contribution in [2.24, 2.45) is 5.10 Å². The Morgan fingerprint density at radius 2 is 1.82 bits per heavy atom. The highest BCUT2D eigenvalue weighted by molar-refractivity contribution is 7.92. The van der Waals surface area contributed by atoms with Gasteiger partial charge in [-0.25, -0.2) is 13.8 Å². The van der Waals surface area contributed by atoms with Crippen molar-refractivity contribution in [3.05, 3.63) is 98.6 Å². The maximum atomic E-state index is 13.4. The number of amides is 1. The van der Waals surface area contributed by atoms with E-state index < -0.39 is 27.4 Å². The van der Waals surface area contributed by atoms with E-state index in [1.54, 1.807) is 37.3 Å². The minimum Gasteiger partial charge on any atom is -0.271 e. The number of nitro groups is 1. The molecule has 0 aliphatic carbocycles. The number of nitro benzene ring substituents is 1. The third-order valence-corrected chi connectivity index (χ3v) is 7.02. The second-order valence-corrected chi connectivity index (χ2v) is 9.67. The topological polar surface area (TPSA) is 122 Å². The van der Waals surface area contributed by atoms with Crippen LogP contribution in [0, 0.1) is 24.0 Å². The summed E-state index contributed by atoms with van der Waals surface area (Å²) in [7, 11) is -4.10. The van der Waals surface area contributed by atoms with E-state index in [9.17, 15) is 23.3 Å². The van der Waals surface area contributed by atoms with Crippen LogP contribution >= 0.6 is 11.6 Å². The first-order chi connectivity index (χ1) is 16.1. The molecule has 0 bridgehead atoms. The highest BCUT2D eigenvalue weighted by atomic mass is 35.5. The third-order valence-electron chi connectivity index (χ3n) is 4.82. The Kier molecular flexibility index (Phi) is 7.64. The number of nitrogens with zero attached hydrogens (tertiary/aromatic N) is 3. The molecule has 0 saturated carbocycles. The van der Waals surface area contributed by atoms with Crippen molar-refractivity contribution in [1.29, 1.82) is 0 Å². The fourth-order valence-electron chi connectivity index (χ4n) is 2.95. The number of non-ortho nitro benzene ring substituents is 1. The zero-order chi connectivity index (χ0) is 24.9. The number of carbonyl (C=O) groups excluding carboxylic acids is 1.